The predicted molar refractivity (Wildman–Crippen MR) is 80.6 cm³/mol. The van der Waals surface area contributed by atoms with E-state index in [1.54, 1.807) is 21.8 Å². The van der Waals surface area contributed by atoms with Crippen LogP contribution in [0.25, 0.3) is 10.9 Å². The fourth-order valence-corrected chi connectivity index (χ4v) is 3.11. The molecule has 0 bridgehead atoms. The summed E-state index contributed by atoms with van der Waals surface area (Å²) in [7, 11) is 3.66. The second kappa shape index (κ2) is 5.33. The zero-order valence-corrected chi connectivity index (χ0v) is 13.2. The van der Waals surface area contributed by atoms with Gasteiger partial charge in [0.1, 0.15) is 5.52 Å². The Morgan fingerprint density at radius 3 is 2.90 bits per heavy atom. The van der Waals surface area contributed by atoms with Crippen molar-refractivity contribution in [1.29, 1.82) is 0 Å². The van der Waals surface area contributed by atoms with E-state index in [1.165, 1.54) is 0 Å². The third-order valence-corrected chi connectivity index (χ3v) is 4.32. The van der Waals surface area contributed by atoms with E-state index < -0.39 is 0 Å². The molecule has 1 aromatic carbocycles. The van der Waals surface area contributed by atoms with Gasteiger partial charge in [-0.05, 0) is 41.3 Å². The van der Waals surface area contributed by atoms with Crippen molar-refractivity contribution in [2.45, 2.75) is 25.5 Å². The van der Waals surface area contributed by atoms with Gasteiger partial charge in [0.05, 0.1) is 11.9 Å². The van der Waals surface area contributed by atoms with Crippen LogP contribution in [-0.4, -0.2) is 30.5 Å². The number of benzene rings is 1. The highest BCUT2D eigenvalue weighted by Gasteiger charge is 2.23. The molecule has 1 unspecified atom stereocenters. The first-order valence-corrected chi connectivity index (χ1v) is 7.53. The largest absolute Gasteiger partial charge is 0.375 e. The second-order valence-electron chi connectivity index (χ2n) is 5.26. The average molecular weight is 342 g/mol. The van der Waals surface area contributed by atoms with E-state index >= 15 is 0 Å². The van der Waals surface area contributed by atoms with Crippen LogP contribution in [0.1, 0.15) is 25.5 Å². The zero-order chi connectivity index (χ0) is 14.3. The Balaban J connectivity index is 2.18. The minimum absolute atomic E-state index is 0.167. The van der Waals surface area contributed by atoms with Crippen molar-refractivity contribution in [2.75, 3.05) is 25.6 Å². The number of ether oxygens (including phenoxy) is 1. The Kier molecular flexibility index (Phi) is 3.69. The van der Waals surface area contributed by atoms with Gasteiger partial charge in [0.2, 0.25) is 0 Å². The molecule has 2 aromatic rings. The zero-order valence-electron chi connectivity index (χ0n) is 11.6. The van der Waals surface area contributed by atoms with E-state index in [0.29, 0.717) is 17.8 Å². The van der Waals surface area contributed by atoms with Crippen molar-refractivity contribution < 1.29 is 9.13 Å². The molecule has 1 atom stereocenters. The summed E-state index contributed by atoms with van der Waals surface area (Å²) in [5, 5.41) is 5.12. The molecule has 108 valence electrons. The van der Waals surface area contributed by atoms with Crippen molar-refractivity contribution in [3.8, 4) is 0 Å². The van der Waals surface area contributed by atoms with Crippen LogP contribution in [0, 0.1) is 5.82 Å². The van der Waals surface area contributed by atoms with Crippen LogP contribution in [0.5, 0.6) is 0 Å². The number of hydrogen-bond donors (Lipinski definition) is 0. The lowest BCUT2D eigenvalue weighted by atomic mass is 10.1. The van der Waals surface area contributed by atoms with Gasteiger partial charge >= 0.3 is 0 Å². The van der Waals surface area contributed by atoms with Crippen molar-refractivity contribution in [2.24, 2.45) is 0 Å². The van der Waals surface area contributed by atoms with E-state index in [-0.39, 0.29) is 12.0 Å². The maximum absolute atomic E-state index is 14.8. The van der Waals surface area contributed by atoms with Gasteiger partial charge in [-0.15, -0.1) is 0 Å². The van der Waals surface area contributed by atoms with E-state index in [0.717, 1.165) is 29.1 Å². The Hall–Kier alpha value is -1.14. The van der Waals surface area contributed by atoms with E-state index in [2.05, 4.69) is 21.0 Å². The first kappa shape index (κ1) is 13.8. The molecule has 4 nitrogen and oxygen atoms in total. The lowest BCUT2D eigenvalue weighted by Crippen LogP contribution is -2.20. The molecule has 1 aromatic heterocycles. The Labute approximate surface area is 125 Å². The van der Waals surface area contributed by atoms with Crippen LogP contribution in [0.15, 0.2) is 16.7 Å². The normalized spacial score (nSPS) is 19.5. The molecule has 2 heterocycles. The van der Waals surface area contributed by atoms with Gasteiger partial charge in [0.25, 0.3) is 0 Å². The Morgan fingerprint density at radius 1 is 1.45 bits per heavy atom. The lowest BCUT2D eigenvalue weighted by Gasteiger charge is -2.24. The van der Waals surface area contributed by atoms with Crippen LogP contribution in [0.3, 0.4) is 0 Å². The molecule has 1 aliphatic rings. The van der Waals surface area contributed by atoms with Crippen LogP contribution in [0.2, 0.25) is 0 Å². The summed E-state index contributed by atoms with van der Waals surface area (Å²) in [6, 6.07) is 1.78. The summed E-state index contributed by atoms with van der Waals surface area (Å²) >= 11 is 3.50. The first-order chi connectivity index (χ1) is 9.59. The van der Waals surface area contributed by atoms with Crippen LogP contribution < -0.4 is 4.90 Å². The molecule has 20 heavy (non-hydrogen) atoms. The number of fused-ring (bicyclic) bond motifs is 1. The molecule has 1 aliphatic heterocycles. The minimum Gasteiger partial charge on any atom is -0.375 e. The molecular formula is C14H17BrFN3O. The second-order valence-corrected chi connectivity index (χ2v) is 6.11. The maximum Gasteiger partial charge on any atom is 0.172 e. The highest BCUT2D eigenvalue weighted by Crippen LogP contribution is 2.35. The molecule has 1 fully saturated rings. The third kappa shape index (κ3) is 2.20. The van der Waals surface area contributed by atoms with Gasteiger partial charge < -0.3 is 9.64 Å². The molecular weight excluding hydrogens is 325 g/mol. The fourth-order valence-electron chi connectivity index (χ4n) is 2.60. The van der Waals surface area contributed by atoms with Gasteiger partial charge in [-0.25, -0.2) is 9.07 Å². The molecule has 0 spiro atoms. The van der Waals surface area contributed by atoms with E-state index in [9.17, 15) is 4.39 Å². The number of aromatic nitrogens is 2. The van der Waals surface area contributed by atoms with Crippen molar-refractivity contribution in [1.82, 2.24) is 9.78 Å². The first-order valence-electron chi connectivity index (χ1n) is 6.73. The SMILES string of the molecule is CN(C)c1cc(Br)c2cnn(C3CCCCO3)c2c1F. The molecule has 0 amide bonds. The summed E-state index contributed by atoms with van der Waals surface area (Å²) in [5.74, 6) is -0.250. The molecule has 1 saturated heterocycles. The van der Waals surface area contributed by atoms with Crippen LogP contribution in [-0.2, 0) is 4.74 Å². The monoisotopic (exact) mass is 341 g/mol. The summed E-state index contributed by atoms with van der Waals surface area (Å²) in [5.41, 5.74) is 1.05. The topological polar surface area (TPSA) is 30.3 Å². The standard InChI is InChI=1S/C14H17BrFN3O/c1-18(2)11-7-10(15)9-8-17-19(14(9)13(11)16)12-5-3-4-6-20-12/h7-8,12H,3-6H2,1-2H3. The predicted octanol–water partition coefficient (Wildman–Crippen LogP) is 3.70. The van der Waals surface area contributed by atoms with Gasteiger partial charge in [-0.3, -0.25) is 0 Å². The van der Waals surface area contributed by atoms with Gasteiger partial charge in [-0.2, -0.15) is 5.10 Å². The number of rotatable bonds is 2. The van der Waals surface area contributed by atoms with Gasteiger partial charge in [0.15, 0.2) is 12.0 Å². The molecule has 6 heteroatoms. The molecule has 0 N–H and O–H groups in total. The number of nitrogens with zero attached hydrogens (tertiary/aromatic N) is 3. The van der Waals surface area contributed by atoms with Crippen molar-refractivity contribution in [3.05, 3.63) is 22.6 Å². The third-order valence-electron chi connectivity index (χ3n) is 3.66. The highest BCUT2D eigenvalue weighted by molar-refractivity contribution is 9.10. The number of hydrogen-bond acceptors (Lipinski definition) is 3. The smallest absolute Gasteiger partial charge is 0.172 e. The lowest BCUT2D eigenvalue weighted by molar-refractivity contribution is -0.0369. The minimum atomic E-state index is -0.250. The fraction of sp³-hybridized carbons (Fsp3) is 0.500. The summed E-state index contributed by atoms with van der Waals surface area (Å²) in [6.45, 7) is 0.710. The average Bonchev–Trinajstić information content (AvgIpc) is 2.89. The van der Waals surface area contributed by atoms with Crippen molar-refractivity contribution >= 4 is 32.5 Å². The summed E-state index contributed by atoms with van der Waals surface area (Å²) in [4.78, 5) is 1.76. The molecule has 0 aliphatic carbocycles. The van der Waals surface area contributed by atoms with E-state index in [1.807, 2.05) is 14.1 Å². The Bertz CT molecular complexity index is 635. The van der Waals surface area contributed by atoms with Crippen LogP contribution >= 0.6 is 15.9 Å². The molecule has 0 saturated carbocycles. The Morgan fingerprint density at radius 2 is 2.25 bits per heavy atom. The van der Waals surface area contributed by atoms with E-state index in [4.69, 9.17) is 4.74 Å². The van der Waals surface area contributed by atoms with Gasteiger partial charge in [-0.1, -0.05) is 0 Å². The maximum atomic E-state index is 14.8. The van der Waals surface area contributed by atoms with Crippen molar-refractivity contribution in [3.63, 3.8) is 0 Å². The highest BCUT2D eigenvalue weighted by atomic mass is 79.9. The molecule has 0 radical (unpaired) electrons. The summed E-state index contributed by atoms with van der Waals surface area (Å²) in [6.07, 6.45) is 4.55. The molecule has 3 rings (SSSR count). The number of anilines is 1. The van der Waals surface area contributed by atoms with Gasteiger partial charge in [0, 0.05) is 30.6 Å². The van der Waals surface area contributed by atoms with Crippen LogP contribution in [0.4, 0.5) is 10.1 Å². The quantitative estimate of drug-likeness (QED) is 0.834. The number of halogens is 2. The summed E-state index contributed by atoms with van der Waals surface area (Å²) < 4.78 is 23.0.